The molecular formula is C8H11NO6S2. The second kappa shape index (κ2) is 5.00. The zero-order chi connectivity index (χ0) is 13.1. The molecule has 9 heteroatoms. The third-order valence-electron chi connectivity index (χ3n) is 1.65. The second-order valence-corrected chi connectivity index (χ2v) is 5.82. The molecule has 7 nitrogen and oxygen atoms in total. The molecule has 1 N–H and O–H groups in total. The van der Waals surface area contributed by atoms with E-state index in [0.717, 1.165) is 0 Å². The fraction of sp³-hybridized carbons (Fsp3) is 0.250. The summed E-state index contributed by atoms with van der Waals surface area (Å²) in [5.74, 6) is 0. The van der Waals surface area contributed by atoms with Crippen LogP contribution in [0.15, 0.2) is 30.3 Å². The van der Waals surface area contributed by atoms with E-state index >= 15 is 0 Å². The molecular weight excluding hydrogens is 270 g/mol. The predicted molar refractivity (Wildman–Crippen MR) is 61.0 cm³/mol. The first kappa shape index (κ1) is 13.9. The van der Waals surface area contributed by atoms with Crippen LogP contribution in [0.25, 0.3) is 0 Å². The summed E-state index contributed by atoms with van der Waals surface area (Å²) < 4.78 is 58.3. The van der Waals surface area contributed by atoms with E-state index in [-0.39, 0.29) is 16.0 Å². The Bertz CT molecular complexity index is 565. The molecule has 1 aromatic carbocycles. The van der Waals surface area contributed by atoms with Gasteiger partial charge in [0.2, 0.25) is 0 Å². The van der Waals surface area contributed by atoms with Gasteiger partial charge >= 0.3 is 20.6 Å². The SMILES string of the molecule is CCOS(=O)(=O)N(c1ccccc1)S(=O)(=O)O. The Labute approximate surface area is 99.8 Å². The molecule has 0 aromatic heterocycles. The smallest absolute Gasteiger partial charge is 0.268 e. The molecule has 1 aromatic rings. The molecule has 0 aliphatic rings. The minimum Gasteiger partial charge on any atom is -0.268 e. The first-order valence-electron chi connectivity index (χ1n) is 4.51. The monoisotopic (exact) mass is 281 g/mol. The summed E-state index contributed by atoms with van der Waals surface area (Å²) in [4.78, 5) is 0. The number of nitrogens with zero attached hydrogens (tertiary/aromatic N) is 1. The molecule has 17 heavy (non-hydrogen) atoms. The van der Waals surface area contributed by atoms with Gasteiger partial charge < -0.3 is 0 Å². The molecule has 0 heterocycles. The van der Waals surface area contributed by atoms with Crippen LogP contribution in [0.3, 0.4) is 0 Å². The lowest BCUT2D eigenvalue weighted by atomic mass is 10.3. The summed E-state index contributed by atoms with van der Waals surface area (Å²) in [5, 5.41) is 0. The van der Waals surface area contributed by atoms with Crippen molar-refractivity contribution >= 4 is 26.3 Å². The zero-order valence-electron chi connectivity index (χ0n) is 8.85. The Balaban J connectivity index is 3.35. The van der Waals surface area contributed by atoms with Gasteiger partial charge in [0.25, 0.3) is 0 Å². The number of benzene rings is 1. The third kappa shape index (κ3) is 3.40. The van der Waals surface area contributed by atoms with Crippen LogP contribution in [0, 0.1) is 0 Å². The fourth-order valence-corrected chi connectivity index (χ4v) is 3.34. The van der Waals surface area contributed by atoms with Gasteiger partial charge in [-0.3, -0.25) is 8.74 Å². The Morgan fingerprint density at radius 2 is 1.71 bits per heavy atom. The van der Waals surface area contributed by atoms with E-state index in [2.05, 4.69) is 4.18 Å². The highest BCUT2D eigenvalue weighted by Gasteiger charge is 2.33. The van der Waals surface area contributed by atoms with Crippen molar-refractivity contribution in [2.75, 3.05) is 10.3 Å². The van der Waals surface area contributed by atoms with Gasteiger partial charge in [-0.25, -0.2) is 0 Å². The number of hydrogen-bond donors (Lipinski definition) is 1. The zero-order valence-corrected chi connectivity index (χ0v) is 10.5. The van der Waals surface area contributed by atoms with Crippen LogP contribution in [0.5, 0.6) is 0 Å². The Morgan fingerprint density at radius 3 is 2.12 bits per heavy atom. The first-order chi connectivity index (χ1) is 7.79. The molecule has 0 atom stereocenters. The van der Waals surface area contributed by atoms with Crippen molar-refractivity contribution < 1.29 is 25.6 Å². The molecule has 0 fully saturated rings. The lowest BCUT2D eigenvalue weighted by molar-refractivity contribution is 0.338. The van der Waals surface area contributed by atoms with Crippen LogP contribution in [0.2, 0.25) is 0 Å². The first-order valence-corrected chi connectivity index (χ1v) is 7.27. The van der Waals surface area contributed by atoms with Crippen LogP contribution in [-0.2, 0) is 24.8 Å². The van der Waals surface area contributed by atoms with Gasteiger partial charge in [0, 0.05) is 0 Å². The third-order valence-corrected chi connectivity index (χ3v) is 4.54. The number of para-hydroxylation sites is 1. The highest BCUT2D eigenvalue weighted by atomic mass is 32.3. The van der Waals surface area contributed by atoms with Gasteiger partial charge in [0.15, 0.2) is 0 Å². The molecule has 1 rings (SSSR count). The number of hydrogen-bond acceptors (Lipinski definition) is 5. The average Bonchev–Trinajstić information content (AvgIpc) is 2.16. The highest BCUT2D eigenvalue weighted by molar-refractivity contribution is 8.05. The predicted octanol–water partition coefficient (Wildman–Crippen LogP) is 0.577. The van der Waals surface area contributed by atoms with E-state index in [1.54, 1.807) is 6.07 Å². The average molecular weight is 281 g/mol. The molecule has 0 spiro atoms. The van der Waals surface area contributed by atoms with E-state index in [0.29, 0.717) is 0 Å². The van der Waals surface area contributed by atoms with E-state index in [1.165, 1.54) is 31.2 Å². The molecule has 0 bridgehead atoms. The standard InChI is InChI=1S/C8H11NO6S2/c1-2-15-17(13,14)9(16(10,11)12)8-6-4-3-5-7-8/h3-7H,2H2,1H3,(H,10,11,12). The van der Waals surface area contributed by atoms with E-state index < -0.39 is 20.6 Å². The van der Waals surface area contributed by atoms with Gasteiger partial charge in [-0.15, -0.1) is 3.71 Å². The van der Waals surface area contributed by atoms with Gasteiger partial charge in [-0.05, 0) is 19.1 Å². The molecule has 0 unspecified atom stereocenters. The van der Waals surface area contributed by atoms with Crippen LogP contribution in [0.4, 0.5) is 5.69 Å². The van der Waals surface area contributed by atoms with Gasteiger partial charge in [0.1, 0.15) is 0 Å². The van der Waals surface area contributed by atoms with Crippen molar-refractivity contribution in [3.8, 4) is 0 Å². The van der Waals surface area contributed by atoms with Crippen LogP contribution < -0.4 is 3.71 Å². The maximum Gasteiger partial charge on any atom is 0.377 e. The molecule has 0 aliphatic heterocycles. The van der Waals surface area contributed by atoms with Gasteiger partial charge in [-0.1, -0.05) is 18.2 Å². The van der Waals surface area contributed by atoms with Crippen molar-refractivity contribution in [1.82, 2.24) is 0 Å². The fourth-order valence-electron chi connectivity index (χ4n) is 1.12. The van der Waals surface area contributed by atoms with Gasteiger partial charge in [0.05, 0.1) is 12.3 Å². The summed E-state index contributed by atoms with van der Waals surface area (Å²) in [7, 11) is -9.57. The number of rotatable bonds is 5. The van der Waals surface area contributed by atoms with Crippen molar-refractivity contribution in [1.29, 1.82) is 0 Å². The normalized spacial score (nSPS) is 12.4. The minimum atomic E-state index is -4.98. The van der Waals surface area contributed by atoms with Crippen LogP contribution in [-0.4, -0.2) is 28.0 Å². The Kier molecular flexibility index (Phi) is 4.09. The summed E-state index contributed by atoms with van der Waals surface area (Å²) in [6, 6.07) is 6.84. The molecule has 0 radical (unpaired) electrons. The summed E-state index contributed by atoms with van der Waals surface area (Å²) in [6.07, 6.45) is 0. The maximum atomic E-state index is 11.5. The van der Waals surface area contributed by atoms with E-state index in [1.807, 2.05) is 0 Å². The summed E-state index contributed by atoms with van der Waals surface area (Å²) >= 11 is 0. The van der Waals surface area contributed by atoms with Crippen molar-refractivity contribution in [2.24, 2.45) is 0 Å². The van der Waals surface area contributed by atoms with Crippen molar-refractivity contribution in [3.63, 3.8) is 0 Å². The lowest BCUT2D eigenvalue weighted by Crippen LogP contribution is -2.37. The lowest BCUT2D eigenvalue weighted by Gasteiger charge is -2.19. The topological polar surface area (TPSA) is 101 Å². The number of anilines is 1. The minimum absolute atomic E-state index is 0.177. The molecule has 96 valence electrons. The molecule has 0 aliphatic carbocycles. The largest absolute Gasteiger partial charge is 0.377 e. The maximum absolute atomic E-state index is 11.5. The molecule has 0 saturated carbocycles. The molecule has 0 saturated heterocycles. The highest BCUT2D eigenvalue weighted by Crippen LogP contribution is 2.21. The summed E-state index contributed by atoms with van der Waals surface area (Å²) in [5.41, 5.74) is -0.233. The van der Waals surface area contributed by atoms with E-state index in [9.17, 15) is 16.8 Å². The van der Waals surface area contributed by atoms with Crippen molar-refractivity contribution in [2.45, 2.75) is 6.92 Å². The quantitative estimate of drug-likeness (QED) is 0.792. The van der Waals surface area contributed by atoms with Crippen molar-refractivity contribution in [3.05, 3.63) is 30.3 Å². The second-order valence-electron chi connectivity index (χ2n) is 2.87. The summed E-state index contributed by atoms with van der Waals surface area (Å²) in [6.45, 7) is 1.13. The van der Waals surface area contributed by atoms with E-state index in [4.69, 9.17) is 4.55 Å². The van der Waals surface area contributed by atoms with Crippen LogP contribution >= 0.6 is 0 Å². The Morgan fingerprint density at radius 1 is 1.18 bits per heavy atom. The van der Waals surface area contributed by atoms with Crippen LogP contribution in [0.1, 0.15) is 6.92 Å². The van der Waals surface area contributed by atoms with Gasteiger partial charge in [-0.2, -0.15) is 16.8 Å². The Hall–Kier alpha value is -1.16. The molecule has 0 amide bonds.